The molecule has 2 aromatic rings. The van der Waals surface area contributed by atoms with E-state index in [1.165, 1.54) is 31.4 Å². The number of rotatable bonds is 5. The molecule has 0 atom stereocenters. The van der Waals surface area contributed by atoms with Crippen molar-refractivity contribution >= 4 is 17.6 Å². The van der Waals surface area contributed by atoms with Crippen LogP contribution in [0.3, 0.4) is 0 Å². The highest BCUT2D eigenvalue weighted by atomic mass is 19.4. The highest BCUT2D eigenvalue weighted by molar-refractivity contribution is 6.07. The first-order valence-electron chi connectivity index (χ1n) is 6.76. The molecule has 1 amide bonds. The molecular formula is C16H11F3NO5-. The molecule has 0 fully saturated rings. The zero-order valence-corrected chi connectivity index (χ0v) is 12.7. The van der Waals surface area contributed by atoms with Gasteiger partial charge >= 0.3 is 6.36 Å². The lowest BCUT2D eigenvalue weighted by Gasteiger charge is -2.12. The Hall–Kier alpha value is -3.23. The summed E-state index contributed by atoms with van der Waals surface area (Å²) < 4.78 is 45.0. The molecule has 1 N–H and O–H groups in total. The van der Waals surface area contributed by atoms with Gasteiger partial charge in [0, 0.05) is 5.69 Å². The monoisotopic (exact) mass is 354 g/mol. The molecule has 9 heteroatoms. The van der Waals surface area contributed by atoms with Gasteiger partial charge in [-0.05, 0) is 48.0 Å². The summed E-state index contributed by atoms with van der Waals surface area (Å²) in [6.45, 7) is 0. The Balaban J connectivity index is 2.19. The molecule has 0 bridgehead atoms. The maximum Gasteiger partial charge on any atom is 0.573 e. The van der Waals surface area contributed by atoms with Crippen molar-refractivity contribution in [3.63, 3.8) is 0 Å². The number of halogens is 3. The predicted octanol–water partition coefficient (Wildman–Crippen LogP) is 2.21. The lowest BCUT2D eigenvalue weighted by molar-refractivity contribution is -0.274. The highest BCUT2D eigenvalue weighted by Gasteiger charge is 2.31. The van der Waals surface area contributed by atoms with Crippen molar-refractivity contribution < 1.29 is 37.3 Å². The van der Waals surface area contributed by atoms with Crippen LogP contribution in [0.1, 0.15) is 20.7 Å². The van der Waals surface area contributed by atoms with Gasteiger partial charge < -0.3 is 24.7 Å². The van der Waals surface area contributed by atoms with Gasteiger partial charge in [0.05, 0.1) is 18.6 Å². The molecule has 0 aliphatic heterocycles. The number of anilines is 1. The first-order valence-corrected chi connectivity index (χ1v) is 6.76. The number of ether oxygens (including phenoxy) is 2. The predicted molar refractivity (Wildman–Crippen MR) is 78.4 cm³/mol. The number of amides is 1. The van der Waals surface area contributed by atoms with E-state index in [1.54, 1.807) is 0 Å². The molecule has 0 aromatic heterocycles. The average Bonchev–Trinajstić information content (AvgIpc) is 2.54. The Morgan fingerprint density at radius 3 is 2.24 bits per heavy atom. The Kier molecular flexibility index (Phi) is 5.16. The smallest absolute Gasteiger partial charge is 0.545 e. The molecule has 0 saturated heterocycles. The molecule has 0 unspecified atom stereocenters. The van der Waals surface area contributed by atoms with E-state index in [4.69, 9.17) is 4.74 Å². The first-order chi connectivity index (χ1) is 11.7. The normalized spacial score (nSPS) is 10.9. The second-order valence-corrected chi connectivity index (χ2v) is 4.73. The van der Waals surface area contributed by atoms with Gasteiger partial charge in [0.25, 0.3) is 5.91 Å². The van der Waals surface area contributed by atoms with Crippen molar-refractivity contribution in [2.45, 2.75) is 6.36 Å². The molecule has 2 aromatic carbocycles. The lowest BCUT2D eigenvalue weighted by Crippen LogP contribution is -2.23. The largest absolute Gasteiger partial charge is 0.573 e. The van der Waals surface area contributed by atoms with Gasteiger partial charge in [0.15, 0.2) is 0 Å². The molecule has 0 aliphatic carbocycles. The van der Waals surface area contributed by atoms with Crippen LogP contribution in [0.4, 0.5) is 18.9 Å². The van der Waals surface area contributed by atoms with Crippen molar-refractivity contribution in [3.8, 4) is 11.5 Å². The van der Waals surface area contributed by atoms with Crippen LogP contribution in [0.25, 0.3) is 0 Å². The SMILES string of the molecule is COc1ccc(C(=O)[O-])cc1C(=O)Nc1ccc(OC(F)(F)F)cc1. The average molecular weight is 354 g/mol. The van der Waals surface area contributed by atoms with Crippen molar-refractivity contribution in [1.82, 2.24) is 0 Å². The van der Waals surface area contributed by atoms with Gasteiger partial charge in [-0.1, -0.05) is 0 Å². The Labute approximate surface area is 139 Å². The maximum absolute atomic E-state index is 12.3. The van der Waals surface area contributed by atoms with Crippen molar-refractivity contribution in [3.05, 3.63) is 53.6 Å². The Morgan fingerprint density at radius 2 is 1.72 bits per heavy atom. The van der Waals surface area contributed by atoms with Gasteiger partial charge in [-0.2, -0.15) is 0 Å². The molecule has 0 heterocycles. The van der Waals surface area contributed by atoms with E-state index in [9.17, 15) is 27.9 Å². The van der Waals surface area contributed by atoms with Crippen LogP contribution in [0.15, 0.2) is 42.5 Å². The Morgan fingerprint density at radius 1 is 1.08 bits per heavy atom. The number of aromatic carboxylic acids is 1. The number of benzene rings is 2. The fraction of sp³-hybridized carbons (Fsp3) is 0.125. The fourth-order valence-electron chi connectivity index (χ4n) is 1.95. The topological polar surface area (TPSA) is 87.7 Å². The summed E-state index contributed by atoms with van der Waals surface area (Å²) in [5, 5.41) is 13.3. The van der Waals surface area contributed by atoms with E-state index in [2.05, 4.69) is 10.1 Å². The summed E-state index contributed by atoms with van der Waals surface area (Å²) in [6.07, 6.45) is -4.82. The Bertz CT molecular complexity index is 787. The van der Waals surface area contributed by atoms with Crippen molar-refractivity contribution in [2.24, 2.45) is 0 Å². The van der Waals surface area contributed by atoms with E-state index in [-0.39, 0.29) is 22.6 Å². The van der Waals surface area contributed by atoms with Crippen molar-refractivity contribution in [2.75, 3.05) is 12.4 Å². The van der Waals surface area contributed by atoms with Gasteiger partial charge in [-0.15, -0.1) is 13.2 Å². The molecule has 0 aliphatic rings. The molecule has 0 spiro atoms. The third-order valence-corrected chi connectivity index (χ3v) is 3.03. The number of carbonyl (C=O) groups excluding carboxylic acids is 2. The number of alkyl halides is 3. The summed E-state index contributed by atoms with van der Waals surface area (Å²) in [6, 6.07) is 8.04. The molecule has 6 nitrogen and oxygen atoms in total. The number of carbonyl (C=O) groups is 2. The molecular weight excluding hydrogens is 343 g/mol. The third-order valence-electron chi connectivity index (χ3n) is 3.03. The summed E-state index contributed by atoms with van der Waals surface area (Å²) in [7, 11) is 1.30. The summed E-state index contributed by atoms with van der Waals surface area (Å²) in [5.74, 6) is -2.49. The van der Waals surface area contributed by atoms with E-state index in [0.717, 1.165) is 18.2 Å². The minimum Gasteiger partial charge on any atom is -0.545 e. The second-order valence-electron chi connectivity index (χ2n) is 4.73. The molecule has 2 rings (SSSR count). The van der Waals surface area contributed by atoms with Gasteiger partial charge in [0.2, 0.25) is 0 Å². The van der Waals surface area contributed by atoms with Crippen LogP contribution in [-0.2, 0) is 0 Å². The molecule has 132 valence electrons. The number of nitrogens with one attached hydrogen (secondary N) is 1. The van der Waals surface area contributed by atoms with Gasteiger partial charge in [-0.25, -0.2) is 0 Å². The minimum atomic E-state index is -4.82. The molecule has 25 heavy (non-hydrogen) atoms. The quantitative estimate of drug-likeness (QED) is 0.889. The number of carboxylic acids is 1. The van der Waals surface area contributed by atoms with Crippen LogP contribution < -0.4 is 19.9 Å². The van der Waals surface area contributed by atoms with Crippen LogP contribution in [0, 0.1) is 0 Å². The summed E-state index contributed by atoms with van der Waals surface area (Å²) in [4.78, 5) is 23.2. The zero-order valence-electron chi connectivity index (χ0n) is 12.7. The summed E-state index contributed by atoms with van der Waals surface area (Å²) in [5.41, 5.74) is -0.111. The first kappa shape index (κ1) is 18.1. The zero-order chi connectivity index (χ0) is 18.6. The van der Waals surface area contributed by atoms with E-state index in [0.29, 0.717) is 0 Å². The second kappa shape index (κ2) is 7.12. The number of carboxylic acid groups (broad SMARTS) is 1. The summed E-state index contributed by atoms with van der Waals surface area (Å²) >= 11 is 0. The number of hydrogen-bond acceptors (Lipinski definition) is 5. The van der Waals surface area contributed by atoms with Crippen molar-refractivity contribution in [1.29, 1.82) is 0 Å². The van der Waals surface area contributed by atoms with Crippen LogP contribution in [0.2, 0.25) is 0 Å². The minimum absolute atomic E-state index is 0.0696. The number of hydrogen-bond donors (Lipinski definition) is 1. The van der Waals surface area contributed by atoms with E-state index >= 15 is 0 Å². The molecule has 0 saturated carbocycles. The third kappa shape index (κ3) is 4.87. The van der Waals surface area contributed by atoms with Crippen LogP contribution in [0.5, 0.6) is 11.5 Å². The van der Waals surface area contributed by atoms with Crippen LogP contribution >= 0.6 is 0 Å². The maximum atomic E-state index is 12.3. The van der Waals surface area contributed by atoms with E-state index < -0.39 is 24.0 Å². The lowest BCUT2D eigenvalue weighted by atomic mass is 10.1. The molecule has 0 radical (unpaired) electrons. The van der Waals surface area contributed by atoms with Gasteiger partial charge in [-0.3, -0.25) is 4.79 Å². The number of methoxy groups -OCH3 is 1. The standard InChI is InChI=1S/C16H12F3NO5/c1-24-13-7-2-9(15(22)23)8-12(13)14(21)20-10-3-5-11(6-4-10)25-16(17,18)19/h2-8H,1H3,(H,20,21)(H,22,23)/p-1. The van der Waals surface area contributed by atoms with E-state index in [1.807, 2.05) is 0 Å². The van der Waals surface area contributed by atoms with Gasteiger partial charge in [0.1, 0.15) is 11.5 Å². The fourth-order valence-corrected chi connectivity index (χ4v) is 1.95. The van der Waals surface area contributed by atoms with Crippen LogP contribution in [-0.4, -0.2) is 25.3 Å². The highest BCUT2D eigenvalue weighted by Crippen LogP contribution is 2.25.